The molecule has 3 rings (SSSR count). The number of thioether (sulfide) groups is 1. The van der Waals surface area contributed by atoms with Crippen LogP contribution in [-0.4, -0.2) is 54.4 Å². The van der Waals surface area contributed by atoms with Gasteiger partial charge in [0.05, 0.1) is 26.0 Å². The predicted molar refractivity (Wildman–Crippen MR) is 138 cm³/mol. The van der Waals surface area contributed by atoms with Crippen LogP contribution in [0.3, 0.4) is 0 Å². The van der Waals surface area contributed by atoms with E-state index in [2.05, 4.69) is 46.7 Å². The van der Waals surface area contributed by atoms with E-state index in [0.29, 0.717) is 35.6 Å². The number of nitrogens with one attached hydrogen (secondary N) is 1. The molecule has 188 valence electrons. The normalized spacial score (nSPS) is 11.8. The number of carbonyl (C=O) groups is 1. The number of carbonyl (C=O) groups excluding carboxylic acids is 1. The fourth-order valence-corrected chi connectivity index (χ4v) is 4.47. The molecule has 1 N–H and O–H groups in total. The molecule has 0 bridgehead atoms. The first-order chi connectivity index (χ1) is 17.0. The molecule has 9 heteroatoms. The number of ether oxygens (including phenoxy) is 3. The van der Waals surface area contributed by atoms with Crippen LogP contribution in [0.15, 0.2) is 47.6 Å². The second-order valence-corrected chi connectivity index (χ2v) is 8.99. The molecule has 0 radical (unpaired) electrons. The number of aryl methyl sites for hydroxylation is 1. The van der Waals surface area contributed by atoms with Gasteiger partial charge in [0.2, 0.25) is 5.91 Å². The quantitative estimate of drug-likeness (QED) is 0.274. The smallest absolute Gasteiger partial charge is 0.230 e. The molecule has 2 aromatic carbocycles. The van der Waals surface area contributed by atoms with Crippen molar-refractivity contribution in [3.8, 4) is 22.9 Å². The molecule has 1 atom stereocenters. The van der Waals surface area contributed by atoms with Crippen molar-refractivity contribution in [2.75, 3.05) is 33.7 Å². The number of nitrogens with zero attached hydrogens (tertiary/aromatic N) is 3. The zero-order valence-electron chi connectivity index (χ0n) is 21.0. The minimum absolute atomic E-state index is 0.0545. The monoisotopic (exact) mass is 498 g/mol. The number of rotatable bonds is 13. The lowest BCUT2D eigenvalue weighted by molar-refractivity contribution is -0.119. The van der Waals surface area contributed by atoms with Crippen molar-refractivity contribution >= 4 is 17.7 Å². The fraction of sp³-hybridized carbons (Fsp3) is 0.423. The highest BCUT2D eigenvalue weighted by molar-refractivity contribution is 7.99. The van der Waals surface area contributed by atoms with Crippen molar-refractivity contribution in [2.24, 2.45) is 0 Å². The standard InChI is InChI=1S/C26H34N4O4S/c1-6-19-8-10-20(11-9-19)18(2)27-24(31)17-35-26-29-28-25(30(26)14-7-15-32-3)21-12-13-22(33-4)23(16-21)34-5/h8-13,16,18H,6-7,14-15,17H2,1-5H3,(H,27,31). The molecule has 0 fully saturated rings. The first kappa shape index (κ1) is 26.6. The zero-order chi connectivity index (χ0) is 25.2. The van der Waals surface area contributed by atoms with Crippen LogP contribution >= 0.6 is 11.8 Å². The zero-order valence-corrected chi connectivity index (χ0v) is 21.9. The van der Waals surface area contributed by atoms with E-state index >= 15 is 0 Å². The lowest BCUT2D eigenvalue weighted by Gasteiger charge is -2.15. The molecule has 0 spiro atoms. The Balaban J connectivity index is 1.72. The van der Waals surface area contributed by atoms with Gasteiger partial charge in [-0.05, 0) is 49.1 Å². The van der Waals surface area contributed by atoms with Crippen LogP contribution in [0.1, 0.15) is 37.4 Å². The van der Waals surface area contributed by atoms with Crippen molar-refractivity contribution in [3.63, 3.8) is 0 Å². The summed E-state index contributed by atoms with van der Waals surface area (Å²) in [6.45, 7) is 5.39. The van der Waals surface area contributed by atoms with E-state index in [1.807, 2.05) is 29.7 Å². The summed E-state index contributed by atoms with van der Waals surface area (Å²) < 4.78 is 18.0. The molecule has 1 amide bonds. The van der Waals surface area contributed by atoms with E-state index in [0.717, 1.165) is 24.0 Å². The molecule has 0 aliphatic rings. The molecule has 35 heavy (non-hydrogen) atoms. The third-order valence-corrected chi connectivity index (χ3v) is 6.65. The molecular formula is C26H34N4O4S. The SMILES string of the molecule is CCc1ccc(C(C)NC(=O)CSc2nnc(-c3ccc(OC)c(OC)c3)n2CCCOC)cc1. The summed E-state index contributed by atoms with van der Waals surface area (Å²) in [5.41, 5.74) is 3.22. The number of amides is 1. The Hall–Kier alpha value is -3.04. The maximum Gasteiger partial charge on any atom is 0.230 e. The van der Waals surface area contributed by atoms with Crippen LogP contribution in [0.2, 0.25) is 0 Å². The highest BCUT2D eigenvalue weighted by Gasteiger charge is 2.18. The molecule has 1 aromatic heterocycles. The summed E-state index contributed by atoms with van der Waals surface area (Å²) in [6, 6.07) is 13.9. The number of hydrogen-bond acceptors (Lipinski definition) is 7. The highest BCUT2D eigenvalue weighted by Crippen LogP contribution is 2.33. The summed E-state index contributed by atoms with van der Waals surface area (Å²) in [7, 11) is 4.88. The largest absolute Gasteiger partial charge is 0.493 e. The minimum atomic E-state index is -0.0732. The van der Waals surface area contributed by atoms with Gasteiger partial charge in [0, 0.05) is 25.8 Å². The van der Waals surface area contributed by atoms with E-state index < -0.39 is 0 Å². The first-order valence-corrected chi connectivity index (χ1v) is 12.6. The van der Waals surface area contributed by atoms with Crippen molar-refractivity contribution in [2.45, 2.75) is 44.4 Å². The molecular weight excluding hydrogens is 464 g/mol. The van der Waals surface area contributed by atoms with Crippen LogP contribution in [-0.2, 0) is 22.5 Å². The van der Waals surface area contributed by atoms with Crippen LogP contribution in [0, 0.1) is 0 Å². The summed E-state index contributed by atoms with van der Waals surface area (Å²) in [5.74, 6) is 2.15. The number of aromatic nitrogens is 3. The van der Waals surface area contributed by atoms with E-state index in [1.54, 1.807) is 21.3 Å². The van der Waals surface area contributed by atoms with Crippen LogP contribution < -0.4 is 14.8 Å². The number of hydrogen-bond donors (Lipinski definition) is 1. The summed E-state index contributed by atoms with van der Waals surface area (Å²) in [4.78, 5) is 12.7. The average Bonchev–Trinajstić information content (AvgIpc) is 3.29. The Morgan fingerprint density at radius 3 is 2.46 bits per heavy atom. The Kier molecular flexibility index (Phi) is 9.98. The maximum absolute atomic E-state index is 12.7. The number of benzene rings is 2. The maximum atomic E-state index is 12.7. The van der Waals surface area contributed by atoms with E-state index in [9.17, 15) is 4.79 Å². The molecule has 0 aliphatic carbocycles. The van der Waals surface area contributed by atoms with Gasteiger partial charge in [-0.2, -0.15) is 0 Å². The Bertz CT molecular complexity index is 1100. The second-order valence-electron chi connectivity index (χ2n) is 8.05. The second kappa shape index (κ2) is 13.2. The highest BCUT2D eigenvalue weighted by atomic mass is 32.2. The molecule has 1 heterocycles. The minimum Gasteiger partial charge on any atom is -0.493 e. The first-order valence-electron chi connectivity index (χ1n) is 11.7. The van der Waals surface area contributed by atoms with E-state index in [1.165, 1.54) is 17.3 Å². The molecule has 0 saturated carbocycles. The summed E-state index contributed by atoms with van der Waals surface area (Å²) >= 11 is 1.37. The molecule has 1 unspecified atom stereocenters. The third kappa shape index (κ3) is 6.99. The lowest BCUT2D eigenvalue weighted by Crippen LogP contribution is -2.28. The van der Waals surface area contributed by atoms with Gasteiger partial charge in [-0.25, -0.2) is 0 Å². The average molecular weight is 499 g/mol. The van der Waals surface area contributed by atoms with Gasteiger partial charge >= 0.3 is 0 Å². The van der Waals surface area contributed by atoms with Gasteiger partial charge in [-0.1, -0.05) is 43.0 Å². The van der Waals surface area contributed by atoms with Crippen molar-refractivity contribution in [1.82, 2.24) is 20.1 Å². The molecule has 0 aliphatic heterocycles. The Labute approximate surface area is 211 Å². The fourth-order valence-electron chi connectivity index (χ4n) is 3.69. The van der Waals surface area contributed by atoms with Gasteiger partial charge in [0.1, 0.15) is 0 Å². The van der Waals surface area contributed by atoms with Gasteiger partial charge in [-0.3, -0.25) is 4.79 Å². The van der Waals surface area contributed by atoms with Crippen molar-refractivity contribution in [1.29, 1.82) is 0 Å². The lowest BCUT2D eigenvalue weighted by atomic mass is 10.1. The number of methoxy groups -OCH3 is 3. The molecule has 8 nitrogen and oxygen atoms in total. The summed E-state index contributed by atoms with van der Waals surface area (Å²) in [5, 5.41) is 12.6. The third-order valence-electron chi connectivity index (χ3n) is 5.69. The van der Waals surface area contributed by atoms with Gasteiger partial charge in [0.25, 0.3) is 0 Å². The van der Waals surface area contributed by atoms with Gasteiger partial charge in [-0.15, -0.1) is 10.2 Å². The summed E-state index contributed by atoms with van der Waals surface area (Å²) in [6.07, 6.45) is 1.79. The van der Waals surface area contributed by atoms with E-state index in [-0.39, 0.29) is 17.7 Å². The predicted octanol–water partition coefficient (Wildman–Crippen LogP) is 4.53. The van der Waals surface area contributed by atoms with Gasteiger partial charge in [0.15, 0.2) is 22.5 Å². The molecule has 3 aromatic rings. The van der Waals surface area contributed by atoms with Crippen molar-refractivity contribution in [3.05, 3.63) is 53.6 Å². The van der Waals surface area contributed by atoms with Gasteiger partial charge < -0.3 is 24.1 Å². The Morgan fingerprint density at radius 2 is 1.80 bits per heavy atom. The topological polar surface area (TPSA) is 87.5 Å². The van der Waals surface area contributed by atoms with Crippen molar-refractivity contribution < 1.29 is 19.0 Å². The Morgan fingerprint density at radius 1 is 1.06 bits per heavy atom. The van der Waals surface area contributed by atoms with E-state index in [4.69, 9.17) is 14.2 Å². The van der Waals surface area contributed by atoms with Crippen LogP contribution in [0.4, 0.5) is 0 Å². The van der Waals surface area contributed by atoms with Crippen LogP contribution in [0.5, 0.6) is 11.5 Å². The molecule has 0 saturated heterocycles. The van der Waals surface area contributed by atoms with Crippen LogP contribution in [0.25, 0.3) is 11.4 Å².